The Labute approximate surface area is 166 Å². The maximum Gasteiger partial charge on any atom is 0.191 e. The molecule has 2 heterocycles. The molecule has 1 aromatic carbocycles. The van der Waals surface area contributed by atoms with E-state index in [0.717, 1.165) is 24.7 Å². The molecule has 0 radical (unpaired) electrons. The van der Waals surface area contributed by atoms with Crippen LogP contribution in [-0.4, -0.2) is 44.1 Å². The average molecular weight is 387 g/mol. The van der Waals surface area contributed by atoms with Gasteiger partial charge in [-0.1, -0.05) is 24.3 Å². The van der Waals surface area contributed by atoms with Crippen LogP contribution in [-0.2, 0) is 0 Å². The van der Waals surface area contributed by atoms with E-state index in [1.807, 2.05) is 19.2 Å². The van der Waals surface area contributed by atoms with E-state index in [1.54, 1.807) is 11.3 Å². The third-order valence-electron chi connectivity index (χ3n) is 4.87. The molecule has 1 aliphatic heterocycles. The summed E-state index contributed by atoms with van der Waals surface area (Å²) in [5.74, 6) is 1.77. The van der Waals surface area contributed by atoms with E-state index in [0.29, 0.717) is 6.04 Å². The lowest BCUT2D eigenvalue weighted by Gasteiger charge is -2.38. The van der Waals surface area contributed by atoms with Crippen molar-refractivity contribution in [3.05, 3.63) is 52.2 Å². The summed E-state index contributed by atoms with van der Waals surface area (Å²) in [6.45, 7) is 5.06. The van der Waals surface area contributed by atoms with Crippen LogP contribution in [0.4, 0.5) is 0 Å². The number of aliphatic imine (C=N–C) groups is 1. The second kappa shape index (κ2) is 8.31. The Hall–Kier alpha value is -2.05. The first-order valence-corrected chi connectivity index (χ1v) is 10.2. The number of fused-ring (bicyclic) bond motifs is 1. The molecule has 0 saturated heterocycles. The monoisotopic (exact) mass is 386 g/mol. The number of thiophene rings is 1. The van der Waals surface area contributed by atoms with Gasteiger partial charge in [0.1, 0.15) is 11.4 Å². The molecule has 0 fully saturated rings. The fraction of sp³-hybridized carbons (Fsp3) is 0.476. The number of ether oxygens (including phenoxy) is 1. The predicted molar refractivity (Wildman–Crippen MR) is 114 cm³/mol. The van der Waals surface area contributed by atoms with Gasteiger partial charge in [-0.3, -0.25) is 4.99 Å². The van der Waals surface area contributed by atoms with E-state index >= 15 is 0 Å². The zero-order chi connectivity index (χ0) is 19.4. The molecule has 0 aliphatic carbocycles. The third kappa shape index (κ3) is 4.82. The van der Waals surface area contributed by atoms with Gasteiger partial charge >= 0.3 is 0 Å². The van der Waals surface area contributed by atoms with Crippen LogP contribution < -0.4 is 15.4 Å². The number of rotatable bonds is 5. The number of guanidine groups is 1. The number of benzene rings is 1. The van der Waals surface area contributed by atoms with Crippen LogP contribution in [0.2, 0.25) is 0 Å². The van der Waals surface area contributed by atoms with Crippen LogP contribution in [0.1, 0.15) is 42.8 Å². The lowest BCUT2D eigenvalue weighted by Crippen LogP contribution is -2.46. The van der Waals surface area contributed by atoms with Crippen molar-refractivity contribution in [3.8, 4) is 5.75 Å². The normalized spacial score (nSPS) is 19.9. The fourth-order valence-corrected chi connectivity index (χ4v) is 4.43. The molecule has 3 rings (SSSR count). The molecular weight excluding hydrogens is 356 g/mol. The Morgan fingerprint density at radius 2 is 2.07 bits per heavy atom. The number of nitrogens with zero attached hydrogens (tertiary/aromatic N) is 2. The Morgan fingerprint density at radius 1 is 1.30 bits per heavy atom. The molecule has 2 aromatic rings. The molecule has 0 amide bonds. The van der Waals surface area contributed by atoms with E-state index in [9.17, 15) is 0 Å². The molecule has 0 spiro atoms. The SMILES string of the molecule is CN=C(NCC(c1cccs1)N(C)C)NC1CC(C)(C)Oc2ccccc21. The number of likely N-dealkylation sites (N-methyl/N-ethyl adjacent to an activating group) is 1. The summed E-state index contributed by atoms with van der Waals surface area (Å²) in [6, 6.07) is 13.0. The zero-order valence-corrected chi connectivity index (χ0v) is 17.6. The summed E-state index contributed by atoms with van der Waals surface area (Å²) in [4.78, 5) is 8.04. The molecule has 2 N–H and O–H groups in total. The minimum atomic E-state index is -0.214. The van der Waals surface area contributed by atoms with Crippen LogP contribution in [0.15, 0.2) is 46.8 Å². The second-order valence-corrected chi connectivity index (χ2v) is 8.73. The van der Waals surface area contributed by atoms with Gasteiger partial charge < -0.3 is 20.3 Å². The Morgan fingerprint density at radius 3 is 2.74 bits per heavy atom. The molecule has 2 atom stereocenters. The molecular formula is C21H30N4OS. The summed E-state index contributed by atoms with van der Waals surface area (Å²) >= 11 is 1.79. The molecule has 2 unspecified atom stereocenters. The van der Waals surface area contributed by atoms with Gasteiger partial charge in [0.15, 0.2) is 5.96 Å². The van der Waals surface area contributed by atoms with Crippen LogP contribution >= 0.6 is 11.3 Å². The topological polar surface area (TPSA) is 48.9 Å². The molecule has 1 aliphatic rings. The lowest BCUT2D eigenvalue weighted by atomic mass is 9.90. The van der Waals surface area contributed by atoms with Crippen molar-refractivity contribution in [3.63, 3.8) is 0 Å². The maximum absolute atomic E-state index is 6.14. The summed E-state index contributed by atoms with van der Waals surface area (Å²) in [5.41, 5.74) is 0.968. The highest BCUT2D eigenvalue weighted by Gasteiger charge is 2.34. The molecule has 5 nitrogen and oxygen atoms in total. The van der Waals surface area contributed by atoms with E-state index in [-0.39, 0.29) is 11.6 Å². The fourth-order valence-electron chi connectivity index (χ4n) is 3.50. The van der Waals surface area contributed by atoms with Gasteiger partial charge in [0.25, 0.3) is 0 Å². The summed E-state index contributed by atoms with van der Waals surface area (Å²) < 4.78 is 6.14. The van der Waals surface area contributed by atoms with Gasteiger partial charge in [-0.15, -0.1) is 11.3 Å². The largest absolute Gasteiger partial charge is 0.487 e. The van der Waals surface area contributed by atoms with E-state index in [4.69, 9.17) is 4.74 Å². The van der Waals surface area contributed by atoms with Crippen molar-refractivity contribution in [2.75, 3.05) is 27.7 Å². The van der Waals surface area contributed by atoms with Crippen molar-refractivity contribution in [1.82, 2.24) is 15.5 Å². The Bertz CT molecular complexity index is 770. The van der Waals surface area contributed by atoms with Crippen LogP contribution in [0.3, 0.4) is 0 Å². The lowest BCUT2D eigenvalue weighted by molar-refractivity contribution is 0.0694. The van der Waals surface area contributed by atoms with Crippen molar-refractivity contribution < 1.29 is 4.74 Å². The first-order valence-electron chi connectivity index (χ1n) is 9.34. The first-order chi connectivity index (χ1) is 12.9. The van der Waals surface area contributed by atoms with E-state index in [1.165, 1.54) is 10.4 Å². The minimum absolute atomic E-state index is 0.163. The maximum atomic E-state index is 6.14. The number of hydrogen-bond acceptors (Lipinski definition) is 4. The standard InChI is InChI=1S/C21H30N4OS/c1-21(2)13-16(15-9-6-7-10-18(15)26-21)24-20(22-3)23-14-17(25(4)5)19-11-8-12-27-19/h6-12,16-17H,13-14H2,1-5H3,(H2,22,23,24). The second-order valence-electron chi connectivity index (χ2n) is 7.75. The molecule has 6 heteroatoms. The van der Waals surface area contributed by atoms with Crippen molar-refractivity contribution in [2.45, 2.75) is 38.0 Å². The Balaban J connectivity index is 1.70. The van der Waals surface area contributed by atoms with E-state index in [2.05, 4.69) is 78.1 Å². The molecule has 1 aromatic heterocycles. The third-order valence-corrected chi connectivity index (χ3v) is 5.84. The molecule has 146 valence electrons. The highest BCUT2D eigenvalue weighted by Crippen LogP contribution is 2.39. The van der Waals surface area contributed by atoms with Gasteiger partial charge in [-0.05, 0) is 45.5 Å². The summed E-state index contributed by atoms with van der Waals surface area (Å²) in [6.07, 6.45) is 0.882. The predicted octanol–water partition coefficient (Wildman–Crippen LogP) is 3.82. The zero-order valence-electron chi connectivity index (χ0n) is 16.8. The van der Waals surface area contributed by atoms with Crippen LogP contribution in [0.25, 0.3) is 0 Å². The minimum Gasteiger partial charge on any atom is -0.487 e. The van der Waals surface area contributed by atoms with Gasteiger partial charge in [-0.25, -0.2) is 0 Å². The van der Waals surface area contributed by atoms with Gasteiger partial charge in [0.05, 0.1) is 12.1 Å². The van der Waals surface area contributed by atoms with E-state index < -0.39 is 0 Å². The van der Waals surface area contributed by atoms with Crippen molar-refractivity contribution in [1.29, 1.82) is 0 Å². The van der Waals surface area contributed by atoms with Crippen LogP contribution in [0, 0.1) is 0 Å². The summed E-state index contributed by atoms with van der Waals surface area (Å²) in [7, 11) is 6.04. The summed E-state index contributed by atoms with van der Waals surface area (Å²) in [5, 5.41) is 9.23. The number of hydrogen-bond donors (Lipinski definition) is 2. The smallest absolute Gasteiger partial charge is 0.191 e. The van der Waals surface area contributed by atoms with Gasteiger partial charge in [0.2, 0.25) is 0 Å². The van der Waals surface area contributed by atoms with Gasteiger partial charge in [0, 0.05) is 30.5 Å². The van der Waals surface area contributed by atoms with Crippen molar-refractivity contribution in [2.24, 2.45) is 4.99 Å². The molecule has 0 bridgehead atoms. The highest BCUT2D eigenvalue weighted by molar-refractivity contribution is 7.10. The average Bonchev–Trinajstić information content (AvgIpc) is 3.13. The number of para-hydroxylation sites is 1. The highest BCUT2D eigenvalue weighted by atomic mass is 32.1. The molecule has 0 saturated carbocycles. The quantitative estimate of drug-likeness (QED) is 0.606. The Kier molecular flexibility index (Phi) is 6.07. The molecule has 27 heavy (non-hydrogen) atoms. The van der Waals surface area contributed by atoms with Gasteiger partial charge in [-0.2, -0.15) is 0 Å². The first kappa shape index (κ1) is 19.7. The van der Waals surface area contributed by atoms with Crippen molar-refractivity contribution >= 4 is 17.3 Å². The number of nitrogens with one attached hydrogen (secondary N) is 2. The van der Waals surface area contributed by atoms with Crippen LogP contribution in [0.5, 0.6) is 5.75 Å².